The summed E-state index contributed by atoms with van der Waals surface area (Å²) in [6.07, 6.45) is 11.9. The Morgan fingerprint density at radius 3 is 1.11 bits per heavy atom. The summed E-state index contributed by atoms with van der Waals surface area (Å²) < 4.78 is 0. The lowest BCUT2D eigenvalue weighted by Gasteiger charge is -2.22. The van der Waals surface area contributed by atoms with E-state index in [0.29, 0.717) is 64.7 Å². The molecule has 10 N–H and O–H groups in total. The van der Waals surface area contributed by atoms with Gasteiger partial charge in [0.1, 0.15) is 35.7 Å². The van der Waals surface area contributed by atoms with E-state index in [2.05, 4.69) is 31.9 Å². The van der Waals surface area contributed by atoms with Crippen LogP contribution in [0.2, 0.25) is 0 Å². The van der Waals surface area contributed by atoms with Crippen LogP contribution >= 0.6 is 0 Å². The molecule has 6 amide bonds. The lowest BCUT2D eigenvalue weighted by atomic mass is 9.83. The molecular formula is C45H84N8O8. The highest BCUT2D eigenvalue weighted by Gasteiger charge is 2.27. The molecule has 0 heterocycles. The van der Waals surface area contributed by atoms with Crippen LogP contribution in [0.5, 0.6) is 0 Å². The van der Waals surface area contributed by atoms with Gasteiger partial charge >= 0.3 is 0 Å². The Kier molecular flexibility index (Phi) is 29.8. The van der Waals surface area contributed by atoms with Gasteiger partial charge in [-0.25, -0.2) is 0 Å². The van der Waals surface area contributed by atoms with Crippen LogP contribution in [0, 0.1) is 10.8 Å². The SMILES string of the molecule is CC(=O)C(C)(C)CCCCCCNC(=O)C(C)NC(=O)C(CCCCN)NC(=O)CCCC(=O)NC(CCCCN)C(=O)NC(C)C(=O)NCCCCCCC(C)(C)C(C)=O. The number of ketones is 2. The molecule has 4 unspecified atom stereocenters. The maximum Gasteiger partial charge on any atom is 0.243 e. The Bertz CT molecular complexity index is 1270. The first kappa shape index (κ1) is 57.1. The van der Waals surface area contributed by atoms with Crippen LogP contribution in [0.4, 0.5) is 0 Å². The number of carbonyl (C=O) groups excluding carboxylic acids is 8. The molecule has 0 aliphatic heterocycles. The standard InChI is InChI=1S/C45H84N8O8/c1-32(40(58)48-30-19-11-9-15-26-44(5,6)34(3)54)50-42(60)36(22-13-17-28-46)52-38(56)24-21-25-39(57)53-37(23-14-18-29-47)43(61)51-33(2)41(59)49-31-20-12-10-16-27-45(7,8)35(4)55/h32-33,36-37H,9-31,46-47H2,1-8H3,(H,48,58)(H,49,59)(H,50,60)(H,51,61)(H,52,56)(H,53,57). The van der Waals surface area contributed by atoms with Gasteiger partial charge in [0.05, 0.1) is 0 Å². The van der Waals surface area contributed by atoms with Gasteiger partial charge < -0.3 is 43.4 Å². The molecule has 0 spiro atoms. The second-order valence-electron chi connectivity index (χ2n) is 17.9. The molecule has 0 aromatic carbocycles. The van der Waals surface area contributed by atoms with Crippen molar-refractivity contribution in [2.45, 2.75) is 202 Å². The van der Waals surface area contributed by atoms with Crippen LogP contribution < -0.4 is 43.4 Å². The van der Waals surface area contributed by atoms with Gasteiger partial charge in [0.25, 0.3) is 0 Å². The third-order valence-electron chi connectivity index (χ3n) is 11.5. The van der Waals surface area contributed by atoms with Crippen LogP contribution in [0.15, 0.2) is 0 Å². The van der Waals surface area contributed by atoms with Crippen LogP contribution in [-0.4, -0.2) is 97.4 Å². The molecule has 0 fully saturated rings. The smallest absolute Gasteiger partial charge is 0.243 e. The van der Waals surface area contributed by atoms with Crippen molar-refractivity contribution in [2.75, 3.05) is 26.2 Å². The van der Waals surface area contributed by atoms with Crippen molar-refractivity contribution < 1.29 is 38.4 Å². The molecule has 4 atom stereocenters. The Labute approximate surface area is 366 Å². The van der Waals surface area contributed by atoms with Crippen molar-refractivity contribution in [3.63, 3.8) is 0 Å². The number of rotatable bonds is 36. The van der Waals surface area contributed by atoms with Gasteiger partial charge in [0.15, 0.2) is 0 Å². The molecule has 0 saturated heterocycles. The third-order valence-corrected chi connectivity index (χ3v) is 11.5. The van der Waals surface area contributed by atoms with E-state index in [1.165, 1.54) is 0 Å². The largest absolute Gasteiger partial charge is 0.354 e. The zero-order valence-electron chi connectivity index (χ0n) is 39.0. The van der Waals surface area contributed by atoms with Crippen molar-refractivity contribution in [1.82, 2.24) is 31.9 Å². The number of nitrogens with two attached hydrogens (primary N) is 2. The van der Waals surface area contributed by atoms with Gasteiger partial charge in [0, 0.05) is 36.8 Å². The first-order chi connectivity index (χ1) is 28.7. The summed E-state index contributed by atoms with van der Waals surface area (Å²) in [7, 11) is 0. The minimum absolute atomic E-state index is 0.0476. The van der Waals surface area contributed by atoms with Gasteiger partial charge in [-0.2, -0.15) is 0 Å². The maximum atomic E-state index is 13.2. The predicted molar refractivity (Wildman–Crippen MR) is 240 cm³/mol. The molecule has 0 aliphatic rings. The molecule has 0 aromatic rings. The van der Waals surface area contributed by atoms with E-state index in [9.17, 15) is 38.4 Å². The summed E-state index contributed by atoms with van der Waals surface area (Å²) in [6, 6.07) is -3.44. The second kappa shape index (κ2) is 31.9. The molecule has 0 rings (SSSR count). The summed E-state index contributed by atoms with van der Waals surface area (Å²) in [5.41, 5.74) is 10.7. The van der Waals surface area contributed by atoms with Crippen LogP contribution in [0.1, 0.15) is 177 Å². The monoisotopic (exact) mass is 865 g/mol. The Morgan fingerprint density at radius 1 is 0.443 bits per heavy atom. The lowest BCUT2D eigenvalue weighted by molar-refractivity contribution is -0.132. The van der Waals surface area contributed by atoms with Crippen molar-refractivity contribution >= 4 is 47.0 Å². The first-order valence-electron chi connectivity index (χ1n) is 22.9. The van der Waals surface area contributed by atoms with Gasteiger partial charge in [-0.1, -0.05) is 66.2 Å². The van der Waals surface area contributed by atoms with Gasteiger partial charge in [-0.3, -0.25) is 38.4 Å². The molecule has 0 aliphatic carbocycles. The zero-order chi connectivity index (χ0) is 46.4. The van der Waals surface area contributed by atoms with Crippen molar-refractivity contribution in [2.24, 2.45) is 22.3 Å². The summed E-state index contributed by atoms with van der Waals surface area (Å²) in [6.45, 7) is 16.0. The van der Waals surface area contributed by atoms with Crippen molar-refractivity contribution in [1.29, 1.82) is 0 Å². The Morgan fingerprint density at radius 2 is 0.787 bits per heavy atom. The average molecular weight is 865 g/mol. The van der Waals surface area contributed by atoms with Gasteiger partial charge in [-0.15, -0.1) is 0 Å². The van der Waals surface area contributed by atoms with E-state index >= 15 is 0 Å². The highest BCUT2D eigenvalue weighted by molar-refractivity contribution is 5.93. The quantitative estimate of drug-likeness (QED) is 0.0423. The third kappa shape index (κ3) is 26.9. The van der Waals surface area contributed by atoms with E-state index in [1.54, 1.807) is 27.7 Å². The lowest BCUT2D eigenvalue weighted by Crippen LogP contribution is -2.53. The van der Waals surface area contributed by atoms with Gasteiger partial charge in [0.2, 0.25) is 35.4 Å². The fourth-order valence-electron chi connectivity index (χ4n) is 6.40. The summed E-state index contributed by atoms with van der Waals surface area (Å²) in [5.74, 6) is -2.15. The van der Waals surface area contributed by atoms with E-state index in [4.69, 9.17) is 11.5 Å². The molecule has 0 radical (unpaired) electrons. The van der Waals surface area contributed by atoms with Crippen molar-refractivity contribution in [3.8, 4) is 0 Å². The molecular weight excluding hydrogens is 781 g/mol. The molecule has 0 aromatic heterocycles. The van der Waals surface area contributed by atoms with E-state index in [-0.39, 0.29) is 53.5 Å². The summed E-state index contributed by atoms with van der Waals surface area (Å²) in [4.78, 5) is 101. The molecule has 16 heteroatoms. The average Bonchev–Trinajstić information content (AvgIpc) is 3.18. The number of hydrogen-bond donors (Lipinski definition) is 8. The summed E-state index contributed by atoms with van der Waals surface area (Å²) in [5, 5.41) is 16.6. The minimum atomic E-state index is -0.895. The Balaban J connectivity index is 4.91. The first-order valence-corrected chi connectivity index (χ1v) is 22.9. The van der Waals surface area contributed by atoms with E-state index in [0.717, 1.165) is 64.2 Å². The molecule has 16 nitrogen and oxygen atoms in total. The van der Waals surface area contributed by atoms with Crippen LogP contribution in [0.25, 0.3) is 0 Å². The minimum Gasteiger partial charge on any atom is -0.354 e. The number of Topliss-reactive ketones (excluding diaryl/α,β-unsaturated/α-hetero) is 2. The van der Waals surface area contributed by atoms with Crippen LogP contribution in [-0.2, 0) is 38.4 Å². The molecule has 352 valence electrons. The number of unbranched alkanes of at least 4 members (excludes halogenated alkanes) is 8. The fourth-order valence-corrected chi connectivity index (χ4v) is 6.40. The molecule has 0 bridgehead atoms. The molecule has 0 saturated carbocycles. The summed E-state index contributed by atoms with van der Waals surface area (Å²) >= 11 is 0. The van der Waals surface area contributed by atoms with E-state index in [1.807, 2.05) is 27.7 Å². The topological polar surface area (TPSA) is 261 Å². The Hall–Kier alpha value is -3.92. The zero-order valence-corrected chi connectivity index (χ0v) is 39.0. The van der Waals surface area contributed by atoms with Crippen molar-refractivity contribution in [3.05, 3.63) is 0 Å². The molecule has 61 heavy (non-hydrogen) atoms. The predicted octanol–water partition coefficient (Wildman–Crippen LogP) is 3.76. The highest BCUT2D eigenvalue weighted by atomic mass is 16.2. The number of carbonyl (C=O) groups is 8. The van der Waals surface area contributed by atoms with E-state index < -0.39 is 47.8 Å². The normalized spacial score (nSPS) is 13.5. The number of amides is 6. The number of nitrogens with one attached hydrogen (secondary N) is 6. The second-order valence-corrected chi connectivity index (χ2v) is 17.9. The van der Waals surface area contributed by atoms with Crippen LogP contribution in [0.3, 0.4) is 0 Å². The van der Waals surface area contributed by atoms with Gasteiger partial charge in [-0.05, 0) is 111 Å². The fraction of sp³-hybridized carbons (Fsp3) is 0.822. The maximum absolute atomic E-state index is 13.2. The number of hydrogen-bond acceptors (Lipinski definition) is 10. The highest BCUT2D eigenvalue weighted by Crippen LogP contribution is 2.25.